The quantitative estimate of drug-likeness (QED) is 0.307. The van der Waals surface area contributed by atoms with Gasteiger partial charge >= 0.3 is 11.9 Å². The third-order valence-corrected chi connectivity index (χ3v) is 1.27. The van der Waals surface area contributed by atoms with Crippen LogP contribution < -0.4 is 5.73 Å². The lowest BCUT2D eigenvalue weighted by Gasteiger charge is -2.14. The maximum atomic E-state index is 10.6. The van der Waals surface area contributed by atoms with Crippen LogP contribution in [0.1, 0.15) is 6.42 Å². The highest BCUT2D eigenvalue weighted by Crippen LogP contribution is 2.04. The minimum Gasteiger partial charge on any atom is -0.480 e. The van der Waals surface area contributed by atoms with Crippen molar-refractivity contribution in [2.24, 2.45) is 5.73 Å². The van der Waals surface area contributed by atoms with E-state index in [9.17, 15) is 14.4 Å². The minimum absolute atomic E-state index is 0.00620. The Morgan fingerprint density at radius 1 is 1.67 bits per heavy atom. The van der Waals surface area contributed by atoms with Gasteiger partial charge in [0.1, 0.15) is 0 Å². The number of carboxylic acids is 1. The summed E-state index contributed by atoms with van der Waals surface area (Å²) in [6.45, 7) is 0. The molecule has 0 aliphatic carbocycles. The Balaban J connectivity index is 4.45. The van der Waals surface area contributed by atoms with Crippen LogP contribution in [0.15, 0.2) is 0 Å². The number of carbonyl (C=O) groups excluding carboxylic acids is 2. The molecule has 0 unspecified atom stereocenters. The van der Waals surface area contributed by atoms with Crippen LogP contribution in [-0.2, 0) is 19.1 Å². The molecule has 0 aromatic heterocycles. The van der Waals surface area contributed by atoms with Crippen LogP contribution in [0.25, 0.3) is 0 Å². The van der Waals surface area contributed by atoms with Crippen LogP contribution in [0.2, 0.25) is 0 Å². The van der Waals surface area contributed by atoms with Crippen molar-refractivity contribution >= 4 is 18.2 Å². The molecule has 68 valence electrons. The largest absolute Gasteiger partial charge is 0.480 e. The summed E-state index contributed by atoms with van der Waals surface area (Å²) in [6.07, 6.45) is -0.658. The predicted octanol–water partition coefficient (Wildman–Crippen LogP) is -1.47. The Kier molecular flexibility index (Phi) is 3.36. The van der Waals surface area contributed by atoms with Gasteiger partial charge in [-0.3, -0.25) is 4.79 Å². The van der Waals surface area contributed by atoms with E-state index >= 15 is 0 Å². The molecule has 0 aromatic rings. The zero-order valence-corrected chi connectivity index (χ0v) is 6.44. The molecule has 0 radical (unpaired) electrons. The molecule has 0 aliphatic rings. The molecule has 0 rings (SSSR count). The molecule has 0 heterocycles. The Hall–Kier alpha value is -1.43. The first-order valence-electron chi connectivity index (χ1n) is 3.01. The van der Waals surface area contributed by atoms with Crippen LogP contribution >= 0.6 is 0 Å². The average molecular weight is 175 g/mol. The van der Waals surface area contributed by atoms with Gasteiger partial charge in [0.2, 0.25) is 0 Å². The standard InChI is InChI=1S/C6H9NO5/c1-12-4(9)2-6(7,3-8)5(10)11/h3H,2,7H2,1H3,(H,10,11)/t6-/m1/s1. The molecule has 0 saturated carbocycles. The molecule has 6 nitrogen and oxygen atoms in total. The first kappa shape index (κ1) is 10.6. The number of carbonyl (C=O) groups is 3. The summed E-state index contributed by atoms with van der Waals surface area (Å²) in [4.78, 5) is 31.1. The summed E-state index contributed by atoms with van der Waals surface area (Å²) in [5.41, 5.74) is 2.87. The van der Waals surface area contributed by atoms with Crippen LogP contribution in [0.3, 0.4) is 0 Å². The molecule has 6 heteroatoms. The van der Waals surface area contributed by atoms with Crippen LogP contribution in [0.5, 0.6) is 0 Å². The highest BCUT2D eigenvalue weighted by molar-refractivity contribution is 6.00. The lowest BCUT2D eigenvalue weighted by atomic mass is 9.99. The first-order chi connectivity index (χ1) is 5.46. The van der Waals surface area contributed by atoms with Gasteiger partial charge in [0.25, 0.3) is 0 Å². The van der Waals surface area contributed by atoms with Crippen molar-refractivity contribution in [2.75, 3.05) is 7.11 Å². The fourth-order valence-corrected chi connectivity index (χ4v) is 0.479. The Morgan fingerprint density at radius 2 is 2.17 bits per heavy atom. The molecule has 0 amide bonds. The maximum absolute atomic E-state index is 10.6. The third-order valence-electron chi connectivity index (χ3n) is 1.27. The van der Waals surface area contributed by atoms with Crippen molar-refractivity contribution in [1.29, 1.82) is 0 Å². The third kappa shape index (κ3) is 2.31. The number of nitrogens with two attached hydrogens (primary N) is 1. The van der Waals surface area contributed by atoms with Crippen molar-refractivity contribution in [1.82, 2.24) is 0 Å². The number of carboxylic acid groups (broad SMARTS) is 1. The average Bonchev–Trinajstić information content (AvgIpc) is 2.03. The second-order valence-corrected chi connectivity index (χ2v) is 2.22. The summed E-state index contributed by atoms with van der Waals surface area (Å²) < 4.78 is 4.16. The Labute approximate surface area is 68.3 Å². The first-order valence-corrected chi connectivity index (χ1v) is 3.01. The number of aldehydes is 1. The van der Waals surface area contributed by atoms with Gasteiger partial charge in [-0.1, -0.05) is 0 Å². The summed E-state index contributed by atoms with van der Waals surface area (Å²) in [5.74, 6) is -2.39. The van der Waals surface area contributed by atoms with Gasteiger partial charge in [0.15, 0.2) is 11.8 Å². The lowest BCUT2D eigenvalue weighted by Crippen LogP contribution is -2.51. The summed E-state index contributed by atoms with van der Waals surface area (Å²) in [5, 5.41) is 8.41. The smallest absolute Gasteiger partial charge is 0.331 e. The Morgan fingerprint density at radius 3 is 2.42 bits per heavy atom. The van der Waals surface area contributed by atoms with Crippen molar-refractivity contribution in [3.05, 3.63) is 0 Å². The van der Waals surface area contributed by atoms with E-state index in [4.69, 9.17) is 10.8 Å². The molecular weight excluding hydrogens is 166 g/mol. The number of ether oxygens (including phenoxy) is 1. The maximum Gasteiger partial charge on any atom is 0.331 e. The van der Waals surface area contributed by atoms with Crippen molar-refractivity contribution in [3.63, 3.8) is 0 Å². The molecule has 0 fully saturated rings. The zero-order valence-electron chi connectivity index (χ0n) is 6.44. The lowest BCUT2D eigenvalue weighted by molar-refractivity contribution is -0.152. The molecule has 0 aromatic carbocycles. The minimum atomic E-state index is -2.17. The molecule has 0 aliphatic heterocycles. The van der Waals surface area contributed by atoms with E-state index in [0.717, 1.165) is 7.11 Å². The fourth-order valence-electron chi connectivity index (χ4n) is 0.479. The Bertz CT molecular complexity index is 214. The topological polar surface area (TPSA) is 107 Å². The number of hydrogen-bond acceptors (Lipinski definition) is 5. The van der Waals surface area contributed by atoms with E-state index < -0.39 is 23.9 Å². The van der Waals surface area contributed by atoms with E-state index in [0.29, 0.717) is 0 Å². The molecule has 0 spiro atoms. The highest BCUT2D eigenvalue weighted by atomic mass is 16.5. The molecular formula is C6H9NO5. The number of methoxy groups -OCH3 is 1. The second kappa shape index (κ2) is 3.82. The van der Waals surface area contributed by atoms with Gasteiger partial charge < -0.3 is 20.4 Å². The summed E-state index contributed by atoms with van der Waals surface area (Å²) in [7, 11) is 1.08. The second-order valence-electron chi connectivity index (χ2n) is 2.22. The number of hydrogen-bond donors (Lipinski definition) is 2. The van der Waals surface area contributed by atoms with Crippen LogP contribution in [0.4, 0.5) is 0 Å². The monoisotopic (exact) mass is 175 g/mol. The zero-order chi connectivity index (χ0) is 9.78. The van der Waals surface area contributed by atoms with E-state index in [1.807, 2.05) is 0 Å². The normalized spacial score (nSPS) is 14.5. The fraction of sp³-hybridized carbons (Fsp3) is 0.500. The highest BCUT2D eigenvalue weighted by Gasteiger charge is 2.36. The van der Waals surface area contributed by atoms with Gasteiger partial charge in [0, 0.05) is 0 Å². The molecule has 0 saturated heterocycles. The summed E-state index contributed by atoms with van der Waals surface area (Å²) in [6, 6.07) is 0. The molecule has 12 heavy (non-hydrogen) atoms. The molecule has 3 N–H and O–H groups in total. The van der Waals surface area contributed by atoms with E-state index in [1.165, 1.54) is 0 Å². The summed E-state index contributed by atoms with van der Waals surface area (Å²) >= 11 is 0. The van der Waals surface area contributed by atoms with Gasteiger partial charge in [-0.15, -0.1) is 0 Å². The van der Waals surface area contributed by atoms with Crippen LogP contribution in [-0.4, -0.2) is 36.0 Å². The van der Waals surface area contributed by atoms with Crippen molar-refractivity contribution in [2.45, 2.75) is 12.0 Å². The number of esters is 1. The van der Waals surface area contributed by atoms with Gasteiger partial charge in [-0.05, 0) is 0 Å². The van der Waals surface area contributed by atoms with Crippen LogP contribution in [0, 0.1) is 0 Å². The van der Waals surface area contributed by atoms with Gasteiger partial charge in [-0.25, -0.2) is 4.79 Å². The SMILES string of the molecule is COC(=O)C[C@@](N)(C=O)C(=O)O. The van der Waals surface area contributed by atoms with E-state index in [-0.39, 0.29) is 6.29 Å². The van der Waals surface area contributed by atoms with E-state index in [2.05, 4.69) is 4.74 Å². The predicted molar refractivity (Wildman–Crippen MR) is 37.3 cm³/mol. The van der Waals surface area contributed by atoms with Gasteiger partial charge in [0.05, 0.1) is 13.5 Å². The molecule has 0 bridgehead atoms. The van der Waals surface area contributed by atoms with Gasteiger partial charge in [-0.2, -0.15) is 0 Å². The van der Waals surface area contributed by atoms with E-state index in [1.54, 1.807) is 0 Å². The van der Waals surface area contributed by atoms with Crippen molar-refractivity contribution in [3.8, 4) is 0 Å². The number of rotatable bonds is 4. The number of aliphatic carboxylic acids is 1. The van der Waals surface area contributed by atoms with Crippen molar-refractivity contribution < 1.29 is 24.2 Å². The molecule has 1 atom stereocenters.